The van der Waals surface area contributed by atoms with Gasteiger partial charge in [-0.25, -0.2) is 0 Å². The molecule has 3 heteroatoms. The van der Waals surface area contributed by atoms with E-state index in [1.165, 1.54) is 0 Å². The van der Waals surface area contributed by atoms with E-state index in [0.717, 1.165) is 25.2 Å². The van der Waals surface area contributed by atoms with E-state index in [4.69, 9.17) is 0 Å². The Morgan fingerprint density at radius 3 is 2.88 bits per heavy atom. The Kier molecular flexibility index (Phi) is 2.82. The Balaban J connectivity index is 2.18. The van der Waals surface area contributed by atoms with Crippen molar-refractivity contribution < 1.29 is 4.79 Å². The van der Waals surface area contributed by atoms with Crippen LogP contribution in [0.2, 0.25) is 0 Å². The van der Waals surface area contributed by atoms with Gasteiger partial charge in [0, 0.05) is 24.4 Å². The molecule has 0 aromatic carbocycles. The smallest absolute Gasteiger partial charge is 0.179 e. The molecule has 0 saturated carbocycles. The van der Waals surface area contributed by atoms with Crippen molar-refractivity contribution in [3.05, 3.63) is 11.8 Å². The van der Waals surface area contributed by atoms with E-state index in [0.29, 0.717) is 11.8 Å². The van der Waals surface area contributed by atoms with Gasteiger partial charge >= 0.3 is 0 Å². The summed E-state index contributed by atoms with van der Waals surface area (Å²) in [5, 5.41) is 3.54. The standard InChI is InChI=1S/C13H22N2O/c1-5-14-12-8-15-9(2)6-11(16)10(15)7-13(12,3)4/h6,10,12,14H,5,7-8H2,1-4H3. The number of rotatable bonds is 2. The van der Waals surface area contributed by atoms with Gasteiger partial charge in [-0.3, -0.25) is 4.79 Å². The van der Waals surface area contributed by atoms with Gasteiger partial charge < -0.3 is 10.2 Å². The first-order valence-corrected chi connectivity index (χ1v) is 6.18. The van der Waals surface area contributed by atoms with Crippen molar-refractivity contribution in [2.75, 3.05) is 13.1 Å². The number of carbonyl (C=O) groups excluding carboxylic acids is 1. The summed E-state index contributed by atoms with van der Waals surface area (Å²) in [5.41, 5.74) is 1.33. The number of carbonyl (C=O) groups is 1. The lowest BCUT2D eigenvalue weighted by Gasteiger charge is -2.47. The van der Waals surface area contributed by atoms with Crippen LogP contribution in [0, 0.1) is 5.41 Å². The molecule has 90 valence electrons. The maximum absolute atomic E-state index is 11.8. The number of ketones is 1. The minimum absolute atomic E-state index is 0.102. The van der Waals surface area contributed by atoms with Gasteiger partial charge in [0.1, 0.15) is 0 Å². The molecule has 1 saturated heterocycles. The zero-order valence-electron chi connectivity index (χ0n) is 10.7. The van der Waals surface area contributed by atoms with Crippen molar-refractivity contribution in [1.82, 2.24) is 10.2 Å². The Labute approximate surface area is 97.9 Å². The summed E-state index contributed by atoms with van der Waals surface area (Å²) >= 11 is 0. The van der Waals surface area contributed by atoms with Crippen LogP contribution in [0.1, 0.15) is 34.1 Å². The highest BCUT2D eigenvalue weighted by Gasteiger charge is 2.45. The summed E-state index contributed by atoms with van der Waals surface area (Å²) in [4.78, 5) is 14.1. The summed E-state index contributed by atoms with van der Waals surface area (Å²) in [7, 11) is 0. The molecule has 1 N–H and O–H groups in total. The first kappa shape index (κ1) is 11.6. The highest BCUT2D eigenvalue weighted by atomic mass is 16.1. The van der Waals surface area contributed by atoms with E-state index in [1.807, 2.05) is 6.92 Å². The van der Waals surface area contributed by atoms with E-state index in [2.05, 4.69) is 31.0 Å². The summed E-state index contributed by atoms with van der Waals surface area (Å²) < 4.78 is 0. The number of piperidine rings is 1. The molecule has 3 nitrogen and oxygen atoms in total. The molecular formula is C13H22N2O. The quantitative estimate of drug-likeness (QED) is 0.769. The van der Waals surface area contributed by atoms with Gasteiger partial charge in [-0.15, -0.1) is 0 Å². The largest absolute Gasteiger partial charge is 0.363 e. The zero-order chi connectivity index (χ0) is 11.9. The van der Waals surface area contributed by atoms with Crippen LogP contribution in [0.3, 0.4) is 0 Å². The van der Waals surface area contributed by atoms with Crippen LogP contribution >= 0.6 is 0 Å². The molecular weight excluding hydrogens is 200 g/mol. The van der Waals surface area contributed by atoms with Crippen LogP contribution < -0.4 is 5.32 Å². The fourth-order valence-electron chi connectivity index (χ4n) is 2.94. The molecule has 2 aliphatic rings. The topological polar surface area (TPSA) is 32.3 Å². The summed E-state index contributed by atoms with van der Waals surface area (Å²) in [5.74, 6) is 0.292. The maximum atomic E-state index is 11.8. The van der Waals surface area contributed by atoms with Crippen LogP contribution in [-0.2, 0) is 4.79 Å². The molecule has 2 rings (SSSR count). The number of hydrogen-bond acceptors (Lipinski definition) is 3. The van der Waals surface area contributed by atoms with Crippen LogP contribution in [-0.4, -0.2) is 35.9 Å². The Bertz CT molecular complexity index is 333. The van der Waals surface area contributed by atoms with Gasteiger partial charge in [0.25, 0.3) is 0 Å². The lowest BCUT2D eigenvalue weighted by molar-refractivity contribution is -0.120. The second-order valence-electron chi connectivity index (χ2n) is 5.66. The predicted molar refractivity (Wildman–Crippen MR) is 65.1 cm³/mol. The van der Waals surface area contributed by atoms with Crippen molar-refractivity contribution in [2.45, 2.75) is 46.2 Å². The van der Waals surface area contributed by atoms with Crippen LogP contribution in [0.5, 0.6) is 0 Å². The minimum Gasteiger partial charge on any atom is -0.363 e. The number of nitrogens with zero attached hydrogens (tertiary/aromatic N) is 1. The molecule has 2 unspecified atom stereocenters. The zero-order valence-corrected chi connectivity index (χ0v) is 10.7. The summed E-state index contributed by atoms with van der Waals surface area (Å²) in [6.07, 6.45) is 2.76. The van der Waals surface area contributed by atoms with Crippen LogP contribution in [0.25, 0.3) is 0 Å². The predicted octanol–water partition coefficient (Wildman–Crippen LogP) is 1.55. The molecule has 2 aliphatic heterocycles. The monoisotopic (exact) mass is 222 g/mol. The highest BCUT2D eigenvalue weighted by Crippen LogP contribution is 2.38. The molecule has 2 heterocycles. The fourth-order valence-corrected chi connectivity index (χ4v) is 2.94. The summed E-state index contributed by atoms with van der Waals surface area (Å²) in [6, 6.07) is 0.577. The van der Waals surface area contributed by atoms with E-state index >= 15 is 0 Å². The molecule has 0 aromatic heterocycles. The third-order valence-electron chi connectivity index (χ3n) is 4.00. The molecule has 16 heavy (non-hydrogen) atoms. The Morgan fingerprint density at radius 1 is 1.56 bits per heavy atom. The average Bonchev–Trinajstić information content (AvgIpc) is 2.43. The van der Waals surface area contributed by atoms with E-state index in [9.17, 15) is 4.79 Å². The molecule has 2 atom stereocenters. The maximum Gasteiger partial charge on any atom is 0.179 e. The molecule has 0 spiro atoms. The molecule has 0 aromatic rings. The van der Waals surface area contributed by atoms with Crippen LogP contribution in [0.4, 0.5) is 0 Å². The molecule has 0 radical (unpaired) electrons. The highest BCUT2D eigenvalue weighted by molar-refractivity contribution is 5.97. The normalized spacial score (nSPS) is 32.6. The lowest BCUT2D eigenvalue weighted by atomic mass is 9.74. The van der Waals surface area contributed by atoms with Gasteiger partial charge in [0.15, 0.2) is 5.78 Å². The number of nitrogens with one attached hydrogen (secondary N) is 1. The van der Waals surface area contributed by atoms with Crippen molar-refractivity contribution in [1.29, 1.82) is 0 Å². The van der Waals surface area contributed by atoms with Crippen molar-refractivity contribution in [3.8, 4) is 0 Å². The Hall–Kier alpha value is -0.830. The first-order chi connectivity index (χ1) is 7.45. The van der Waals surface area contributed by atoms with E-state index < -0.39 is 0 Å². The first-order valence-electron chi connectivity index (χ1n) is 6.18. The SMILES string of the molecule is CCNC1CN2C(C)=CC(=O)C2CC1(C)C. The number of likely N-dealkylation sites (N-methyl/N-ethyl adjacent to an activating group) is 1. The fraction of sp³-hybridized carbons (Fsp3) is 0.769. The lowest BCUT2D eigenvalue weighted by Crippen LogP contribution is -2.58. The second kappa shape index (κ2) is 3.88. The van der Waals surface area contributed by atoms with E-state index in [-0.39, 0.29) is 11.5 Å². The van der Waals surface area contributed by atoms with Crippen molar-refractivity contribution >= 4 is 5.78 Å². The van der Waals surface area contributed by atoms with Gasteiger partial charge in [0.05, 0.1) is 6.04 Å². The molecule has 1 fully saturated rings. The molecule has 0 bridgehead atoms. The van der Waals surface area contributed by atoms with Crippen LogP contribution in [0.15, 0.2) is 11.8 Å². The minimum atomic E-state index is 0.102. The number of fused-ring (bicyclic) bond motifs is 1. The van der Waals surface area contributed by atoms with Gasteiger partial charge in [-0.05, 0) is 25.3 Å². The summed E-state index contributed by atoms with van der Waals surface area (Å²) in [6.45, 7) is 10.7. The Morgan fingerprint density at radius 2 is 2.25 bits per heavy atom. The average molecular weight is 222 g/mol. The second-order valence-corrected chi connectivity index (χ2v) is 5.66. The van der Waals surface area contributed by atoms with Gasteiger partial charge in [-0.1, -0.05) is 20.8 Å². The van der Waals surface area contributed by atoms with Gasteiger partial charge in [0.2, 0.25) is 0 Å². The number of hydrogen-bond donors (Lipinski definition) is 1. The van der Waals surface area contributed by atoms with Crippen molar-refractivity contribution in [2.24, 2.45) is 5.41 Å². The van der Waals surface area contributed by atoms with Crippen molar-refractivity contribution in [3.63, 3.8) is 0 Å². The van der Waals surface area contributed by atoms with Gasteiger partial charge in [-0.2, -0.15) is 0 Å². The molecule has 0 aliphatic carbocycles. The van der Waals surface area contributed by atoms with E-state index in [1.54, 1.807) is 6.08 Å². The molecule has 0 amide bonds. The number of allylic oxidation sites excluding steroid dienone is 1. The third-order valence-corrected chi connectivity index (χ3v) is 4.00. The third kappa shape index (κ3) is 1.77.